The SMILES string of the molecule is CCC(C)C(=O)N1CCN(Cc2cc(C(C)C)ccc2OC)CC1. The van der Waals surface area contributed by atoms with E-state index < -0.39 is 0 Å². The van der Waals surface area contributed by atoms with Gasteiger partial charge in [0, 0.05) is 44.2 Å². The van der Waals surface area contributed by atoms with Crippen LogP contribution >= 0.6 is 0 Å². The van der Waals surface area contributed by atoms with Crippen molar-refractivity contribution < 1.29 is 9.53 Å². The molecule has 1 saturated heterocycles. The van der Waals surface area contributed by atoms with E-state index in [1.165, 1.54) is 11.1 Å². The Morgan fingerprint density at radius 3 is 2.38 bits per heavy atom. The Bertz CT molecular complexity index is 549. The first-order valence-corrected chi connectivity index (χ1v) is 9.14. The summed E-state index contributed by atoms with van der Waals surface area (Å²) in [7, 11) is 1.73. The topological polar surface area (TPSA) is 32.8 Å². The Kier molecular flexibility index (Phi) is 6.67. The van der Waals surface area contributed by atoms with Crippen molar-refractivity contribution in [2.75, 3.05) is 33.3 Å². The number of benzene rings is 1. The number of nitrogens with zero attached hydrogens (tertiary/aromatic N) is 2. The van der Waals surface area contributed by atoms with Gasteiger partial charge in [-0.25, -0.2) is 0 Å². The zero-order valence-corrected chi connectivity index (χ0v) is 15.8. The lowest BCUT2D eigenvalue weighted by atomic mass is 10.00. The molecule has 1 aromatic carbocycles. The maximum atomic E-state index is 12.3. The van der Waals surface area contributed by atoms with Crippen molar-refractivity contribution in [3.8, 4) is 5.75 Å². The number of amides is 1. The summed E-state index contributed by atoms with van der Waals surface area (Å²) in [4.78, 5) is 16.7. The summed E-state index contributed by atoms with van der Waals surface area (Å²) in [5.74, 6) is 1.91. The van der Waals surface area contributed by atoms with Crippen LogP contribution in [0.2, 0.25) is 0 Å². The number of ether oxygens (including phenoxy) is 1. The number of hydrogen-bond donors (Lipinski definition) is 0. The van der Waals surface area contributed by atoms with Gasteiger partial charge in [0.25, 0.3) is 0 Å². The van der Waals surface area contributed by atoms with Crippen LogP contribution in [-0.2, 0) is 11.3 Å². The number of carbonyl (C=O) groups is 1. The number of methoxy groups -OCH3 is 1. The molecule has 4 heteroatoms. The first-order chi connectivity index (χ1) is 11.5. The van der Waals surface area contributed by atoms with Gasteiger partial charge in [-0.05, 0) is 24.0 Å². The lowest BCUT2D eigenvalue weighted by Crippen LogP contribution is -2.49. The van der Waals surface area contributed by atoms with Crippen LogP contribution in [0.4, 0.5) is 0 Å². The van der Waals surface area contributed by atoms with E-state index in [2.05, 4.69) is 43.9 Å². The third-order valence-corrected chi connectivity index (χ3v) is 5.08. The summed E-state index contributed by atoms with van der Waals surface area (Å²) in [5, 5.41) is 0. The van der Waals surface area contributed by atoms with Crippen LogP contribution in [0.15, 0.2) is 18.2 Å². The highest BCUT2D eigenvalue weighted by Gasteiger charge is 2.24. The van der Waals surface area contributed by atoms with E-state index in [0.717, 1.165) is 44.9 Å². The quantitative estimate of drug-likeness (QED) is 0.799. The van der Waals surface area contributed by atoms with Crippen molar-refractivity contribution in [2.24, 2.45) is 5.92 Å². The molecule has 24 heavy (non-hydrogen) atoms. The molecule has 0 aromatic heterocycles. The molecule has 2 rings (SSSR count). The third kappa shape index (κ3) is 4.50. The zero-order valence-electron chi connectivity index (χ0n) is 15.8. The molecule has 0 N–H and O–H groups in total. The smallest absolute Gasteiger partial charge is 0.225 e. The van der Waals surface area contributed by atoms with E-state index in [1.54, 1.807) is 7.11 Å². The molecule has 1 aliphatic rings. The highest BCUT2D eigenvalue weighted by Crippen LogP contribution is 2.26. The summed E-state index contributed by atoms with van der Waals surface area (Å²) >= 11 is 0. The van der Waals surface area contributed by atoms with E-state index in [1.807, 2.05) is 11.8 Å². The molecule has 0 bridgehead atoms. The Morgan fingerprint density at radius 1 is 1.17 bits per heavy atom. The molecule has 1 fully saturated rings. The van der Waals surface area contributed by atoms with E-state index >= 15 is 0 Å². The predicted octanol–water partition coefficient (Wildman–Crippen LogP) is 3.51. The van der Waals surface area contributed by atoms with Gasteiger partial charge in [0.05, 0.1) is 7.11 Å². The van der Waals surface area contributed by atoms with Gasteiger partial charge in [-0.2, -0.15) is 0 Å². The van der Waals surface area contributed by atoms with E-state index in [9.17, 15) is 4.79 Å². The maximum Gasteiger partial charge on any atom is 0.225 e. The molecule has 1 heterocycles. The third-order valence-electron chi connectivity index (χ3n) is 5.08. The molecular weight excluding hydrogens is 300 g/mol. The zero-order chi connectivity index (χ0) is 17.7. The molecule has 1 atom stereocenters. The molecule has 0 saturated carbocycles. The Morgan fingerprint density at radius 2 is 1.83 bits per heavy atom. The second-order valence-corrected chi connectivity index (χ2v) is 7.14. The van der Waals surface area contributed by atoms with E-state index in [4.69, 9.17) is 4.74 Å². The van der Waals surface area contributed by atoms with E-state index in [-0.39, 0.29) is 5.92 Å². The lowest BCUT2D eigenvalue weighted by Gasteiger charge is -2.36. The average molecular weight is 332 g/mol. The minimum absolute atomic E-state index is 0.138. The van der Waals surface area contributed by atoms with Crippen LogP contribution in [-0.4, -0.2) is 49.0 Å². The van der Waals surface area contributed by atoms with Crippen molar-refractivity contribution in [3.63, 3.8) is 0 Å². The number of piperazine rings is 1. The van der Waals surface area contributed by atoms with E-state index in [0.29, 0.717) is 11.8 Å². The molecule has 1 unspecified atom stereocenters. The van der Waals surface area contributed by atoms with Gasteiger partial charge in [0.2, 0.25) is 5.91 Å². The van der Waals surface area contributed by atoms with Crippen LogP contribution in [0.5, 0.6) is 5.75 Å². The van der Waals surface area contributed by atoms with Crippen LogP contribution in [0, 0.1) is 5.92 Å². The van der Waals surface area contributed by atoms with Gasteiger partial charge in [0.15, 0.2) is 0 Å². The van der Waals surface area contributed by atoms with Gasteiger partial charge in [-0.3, -0.25) is 9.69 Å². The van der Waals surface area contributed by atoms with Gasteiger partial charge in [-0.1, -0.05) is 39.8 Å². The summed E-state index contributed by atoms with van der Waals surface area (Å²) in [6.07, 6.45) is 0.915. The monoisotopic (exact) mass is 332 g/mol. The first kappa shape index (κ1) is 18.8. The largest absolute Gasteiger partial charge is 0.496 e. The van der Waals surface area contributed by atoms with Crippen LogP contribution in [0.1, 0.15) is 51.2 Å². The van der Waals surface area contributed by atoms with Crippen molar-refractivity contribution in [1.29, 1.82) is 0 Å². The standard InChI is InChI=1S/C20H32N2O2/c1-6-16(4)20(23)22-11-9-21(10-12-22)14-18-13-17(15(2)3)7-8-19(18)24-5/h7-8,13,15-16H,6,9-12,14H2,1-5H3. The highest BCUT2D eigenvalue weighted by atomic mass is 16.5. The molecule has 0 radical (unpaired) electrons. The number of carbonyl (C=O) groups excluding carboxylic acids is 1. The second-order valence-electron chi connectivity index (χ2n) is 7.14. The number of rotatable bonds is 6. The van der Waals surface area contributed by atoms with Gasteiger partial charge >= 0.3 is 0 Å². The summed E-state index contributed by atoms with van der Waals surface area (Å²) in [6, 6.07) is 6.49. The van der Waals surface area contributed by atoms with Crippen LogP contribution < -0.4 is 4.74 Å². The molecule has 134 valence electrons. The minimum atomic E-state index is 0.138. The molecule has 0 aliphatic carbocycles. The van der Waals surface area contributed by atoms with Crippen molar-refractivity contribution in [2.45, 2.75) is 46.6 Å². The van der Waals surface area contributed by atoms with Crippen molar-refractivity contribution >= 4 is 5.91 Å². The van der Waals surface area contributed by atoms with Crippen molar-refractivity contribution in [3.05, 3.63) is 29.3 Å². The molecular formula is C20H32N2O2. The Balaban J connectivity index is 1.98. The lowest BCUT2D eigenvalue weighted by molar-refractivity contribution is -0.136. The number of hydrogen-bond acceptors (Lipinski definition) is 3. The summed E-state index contributed by atoms with van der Waals surface area (Å²) in [6.45, 7) is 12.9. The fourth-order valence-corrected chi connectivity index (χ4v) is 3.13. The first-order valence-electron chi connectivity index (χ1n) is 9.14. The minimum Gasteiger partial charge on any atom is -0.496 e. The molecule has 1 amide bonds. The van der Waals surface area contributed by atoms with Crippen molar-refractivity contribution in [1.82, 2.24) is 9.80 Å². The Labute approximate surface area is 146 Å². The van der Waals surface area contributed by atoms with Gasteiger partial charge < -0.3 is 9.64 Å². The second kappa shape index (κ2) is 8.52. The maximum absolute atomic E-state index is 12.3. The molecule has 1 aromatic rings. The fourth-order valence-electron chi connectivity index (χ4n) is 3.13. The highest BCUT2D eigenvalue weighted by molar-refractivity contribution is 5.78. The Hall–Kier alpha value is -1.55. The normalized spacial score (nSPS) is 17.2. The molecule has 0 spiro atoms. The summed E-state index contributed by atoms with van der Waals surface area (Å²) < 4.78 is 5.54. The van der Waals surface area contributed by atoms with Crippen LogP contribution in [0.3, 0.4) is 0 Å². The predicted molar refractivity (Wildman–Crippen MR) is 98.4 cm³/mol. The molecule has 1 aliphatic heterocycles. The summed E-state index contributed by atoms with van der Waals surface area (Å²) in [5.41, 5.74) is 2.58. The molecule has 4 nitrogen and oxygen atoms in total. The average Bonchev–Trinajstić information content (AvgIpc) is 2.60. The van der Waals surface area contributed by atoms with Gasteiger partial charge in [-0.15, -0.1) is 0 Å². The fraction of sp³-hybridized carbons (Fsp3) is 0.650. The van der Waals surface area contributed by atoms with Crippen LogP contribution in [0.25, 0.3) is 0 Å². The van der Waals surface area contributed by atoms with Gasteiger partial charge in [0.1, 0.15) is 5.75 Å².